The van der Waals surface area contributed by atoms with E-state index in [1.807, 2.05) is 0 Å². The van der Waals surface area contributed by atoms with E-state index in [4.69, 9.17) is 22.3 Å². The highest BCUT2D eigenvalue weighted by Gasteiger charge is 2.14. The van der Waals surface area contributed by atoms with Gasteiger partial charge in [0.05, 0.1) is 0 Å². The van der Waals surface area contributed by atoms with Crippen LogP contribution < -0.4 is 0 Å². The zero-order chi connectivity index (χ0) is 11.8. The maximum Gasteiger partial charge on any atom is 0.280 e. The molecule has 1 aromatic heterocycles. The van der Waals surface area contributed by atoms with Gasteiger partial charge in [-0.25, -0.2) is 13.4 Å². The molecule has 1 heterocycles. The first-order valence-corrected chi connectivity index (χ1v) is 6.91. The van der Waals surface area contributed by atoms with Crippen LogP contribution in [0.3, 0.4) is 0 Å². The van der Waals surface area contributed by atoms with Crippen LogP contribution >= 0.6 is 22.3 Å². The first-order valence-electron chi connectivity index (χ1n) is 4.23. The maximum absolute atomic E-state index is 11.0. The lowest BCUT2D eigenvalue weighted by molar-refractivity contribution is 0.607. The summed E-state index contributed by atoms with van der Waals surface area (Å²) in [6, 6.07) is 6.83. The molecule has 2 aromatic rings. The minimum absolute atomic E-state index is 0.195. The number of H-pyrrole nitrogens is 1. The van der Waals surface area contributed by atoms with E-state index in [9.17, 15) is 8.42 Å². The molecule has 84 valence electrons. The highest BCUT2D eigenvalue weighted by Crippen LogP contribution is 2.21. The molecule has 0 unspecified atom stereocenters. The monoisotopic (exact) mass is 276 g/mol. The first-order chi connectivity index (χ1) is 7.47. The van der Waals surface area contributed by atoms with Crippen LogP contribution in [0.4, 0.5) is 0 Å². The Morgan fingerprint density at radius 3 is 2.31 bits per heavy atom. The summed E-state index contributed by atoms with van der Waals surface area (Å²) in [6.07, 6.45) is 1.24. The Balaban J connectivity index is 2.43. The average molecular weight is 277 g/mol. The molecule has 0 saturated heterocycles. The van der Waals surface area contributed by atoms with E-state index in [1.165, 1.54) is 6.20 Å². The predicted molar refractivity (Wildman–Crippen MR) is 62.1 cm³/mol. The number of rotatable bonds is 2. The van der Waals surface area contributed by atoms with Gasteiger partial charge in [0, 0.05) is 27.5 Å². The number of nitrogens with zero attached hydrogens (tertiary/aromatic N) is 1. The molecular formula is C9H6Cl2N2O2S. The molecule has 1 N–H and O–H groups in total. The lowest BCUT2D eigenvalue weighted by Gasteiger charge is -1.95. The minimum Gasteiger partial charge on any atom is -0.343 e. The molecule has 0 aliphatic carbocycles. The van der Waals surface area contributed by atoms with E-state index in [1.54, 1.807) is 24.3 Å². The van der Waals surface area contributed by atoms with Crippen LogP contribution in [-0.4, -0.2) is 18.4 Å². The van der Waals surface area contributed by atoms with Gasteiger partial charge < -0.3 is 4.98 Å². The molecule has 0 aliphatic heterocycles. The van der Waals surface area contributed by atoms with Crippen LogP contribution in [0.1, 0.15) is 0 Å². The Bertz CT molecular complexity index is 605. The molecule has 0 atom stereocenters. The molecule has 0 bridgehead atoms. The largest absolute Gasteiger partial charge is 0.343 e. The van der Waals surface area contributed by atoms with Crippen molar-refractivity contribution in [1.29, 1.82) is 0 Å². The van der Waals surface area contributed by atoms with E-state index in [2.05, 4.69) is 9.97 Å². The number of halogens is 2. The number of benzene rings is 1. The Morgan fingerprint density at radius 2 is 1.81 bits per heavy atom. The van der Waals surface area contributed by atoms with Crippen LogP contribution in [0.5, 0.6) is 0 Å². The van der Waals surface area contributed by atoms with Crippen molar-refractivity contribution in [2.24, 2.45) is 0 Å². The lowest BCUT2D eigenvalue weighted by Crippen LogP contribution is -1.90. The fourth-order valence-corrected chi connectivity index (χ4v) is 1.95. The quantitative estimate of drug-likeness (QED) is 0.858. The van der Waals surface area contributed by atoms with Crippen LogP contribution in [-0.2, 0) is 9.05 Å². The molecule has 7 heteroatoms. The van der Waals surface area contributed by atoms with Gasteiger partial charge in [0.1, 0.15) is 5.82 Å². The summed E-state index contributed by atoms with van der Waals surface area (Å²) in [5.74, 6) is 0.427. The molecule has 0 amide bonds. The van der Waals surface area contributed by atoms with E-state index < -0.39 is 9.05 Å². The van der Waals surface area contributed by atoms with Gasteiger partial charge in [-0.1, -0.05) is 11.6 Å². The fourth-order valence-electron chi connectivity index (χ4n) is 1.19. The first kappa shape index (κ1) is 11.4. The Kier molecular flexibility index (Phi) is 2.92. The van der Waals surface area contributed by atoms with Crippen molar-refractivity contribution < 1.29 is 8.42 Å². The number of imidazole rings is 1. The summed E-state index contributed by atoms with van der Waals surface area (Å²) >= 11 is 5.73. The third-order valence-corrected chi connectivity index (χ3v) is 3.36. The molecule has 4 nitrogen and oxygen atoms in total. The van der Waals surface area contributed by atoms with Crippen molar-refractivity contribution >= 4 is 31.3 Å². The van der Waals surface area contributed by atoms with E-state index >= 15 is 0 Å². The molecule has 2 rings (SSSR count). The topological polar surface area (TPSA) is 62.8 Å². The number of aromatic nitrogens is 2. The molecule has 0 radical (unpaired) electrons. The van der Waals surface area contributed by atoms with Gasteiger partial charge in [-0.15, -0.1) is 0 Å². The van der Waals surface area contributed by atoms with Gasteiger partial charge in [0.25, 0.3) is 9.05 Å². The highest BCUT2D eigenvalue weighted by molar-refractivity contribution is 8.13. The van der Waals surface area contributed by atoms with Crippen molar-refractivity contribution in [2.45, 2.75) is 5.03 Å². The van der Waals surface area contributed by atoms with E-state index in [0.29, 0.717) is 10.8 Å². The van der Waals surface area contributed by atoms with Crippen molar-refractivity contribution in [3.05, 3.63) is 35.5 Å². The number of hydrogen-bond acceptors (Lipinski definition) is 3. The SMILES string of the molecule is O=S(=O)(Cl)c1c[nH]c(-c2ccc(Cl)cc2)n1. The summed E-state index contributed by atoms with van der Waals surface area (Å²) in [7, 11) is 1.36. The average Bonchev–Trinajstić information content (AvgIpc) is 2.67. The summed E-state index contributed by atoms with van der Waals surface area (Å²) in [6.45, 7) is 0. The van der Waals surface area contributed by atoms with Gasteiger partial charge in [-0.3, -0.25) is 0 Å². The Hall–Kier alpha value is -1.04. The smallest absolute Gasteiger partial charge is 0.280 e. The predicted octanol–water partition coefficient (Wildman–Crippen LogP) is 2.66. The van der Waals surface area contributed by atoms with Crippen molar-refractivity contribution in [3.8, 4) is 11.4 Å². The summed E-state index contributed by atoms with van der Waals surface area (Å²) in [5, 5.41) is 0.402. The van der Waals surface area contributed by atoms with Crippen LogP contribution in [0, 0.1) is 0 Å². The van der Waals surface area contributed by atoms with Crippen LogP contribution in [0.25, 0.3) is 11.4 Å². The Morgan fingerprint density at radius 1 is 1.19 bits per heavy atom. The zero-order valence-corrected chi connectivity index (χ0v) is 10.1. The molecule has 0 fully saturated rings. The second kappa shape index (κ2) is 4.08. The minimum atomic E-state index is -3.79. The van der Waals surface area contributed by atoms with Crippen LogP contribution in [0.2, 0.25) is 5.02 Å². The second-order valence-electron chi connectivity index (χ2n) is 3.03. The van der Waals surface area contributed by atoms with E-state index in [0.717, 1.165) is 5.56 Å². The van der Waals surface area contributed by atoms with Gasteiger partial charge in [0.15, 0.2) is 5.03 Å². The molecule has 0 aliphatic rings. The number of aromatic amines is 1. The summed E-state index contributed by atoms with van der Waals surface area (Å²) < 4.78 is 22.0. The van der Waals surface area contributed by atoms with Gasteiger partial charge >= 0.3 is 0 Å². The van der Waals surface area contributed by atoms with Crippen molar-refractivity contribution in [3.63, 3.8) is 0 Å². The molecule has 1 aromatic carbocycles. The molecule has 0 spiro atoms. The third kappa shape index (κ3) is 2.37. The van der Waals surface area contributed by atoms with Gasteiger partial charge in [-0.2, -0.15) is 0 Å². The fraction of sp³-hybridized carbons (Fsp3) is 0. The number of nitrogens with one attached hydrogen (secondary N) is 1. The van der Waals surface area contributed by atoms with Gasteiger partial charge in [0.2, 0.25) is 0 Å². The summed E-state index contributed by atoms with van der Waals surface area (Å²) in [4.78, 5) is 6.59. The molecule has 16 heavy (non-hydrogen) atoms. The Labute approximate surface area is 102 Å². The van der Waals surface area contributed by atoms with Crippen molar-refractivity contribution in [1.82, 2.24) is 9.97 Å². The standard InChI is InChI=1S/C9H6Cl2N2O2S/c10-7-3-1-6(2-4-7)9-12-5-8(13-9)16(11,14)15/h1-5H,(H,12,13). The normalized spacial score (nSPS) is 11.6. The summed E-state index contributed by atoms with van der Waals surface area (Å²) in [5.41, 5.74) is 0.732. The highest BCUT2D eigenvalue weighted by atomic mass is 35.7. The second-order valence-corrected chi connectivity index (χ2v) is 5.98. The lowest BCUT2D eigenvalue weighted by atomic mass is 10.2. The van der Waals surface area contributed by atoms with Crippen LogP contribution in [0.15, 0.2) is 35.5 Å². The molecule has 0 saturated carbocycles. The zero-order valence-electron chi connectivity index (χ0n) is 7.81. The van der Waals surface area contributed by atoms with E-state index in [-0.39, 0.29) is 5.03 Å². The van der Waals surface area contributed by atoms with Crippen molar-refractivity contribution in [2.75, 3.05) is 0 Å². The third-order valence-electron chi connectivity index (χ3n) is 1.92. The number of hydrogen-bond donors (Lipinski definition) is 1. The molecular weight excluding hydrogens is 271 g/mol. The van der Waals surface area contributed by atoms with Gasteiger partial charge in [-0.05, 0) is 24.3 Å². The maximum atomic E-state index is 11.0.